The summed E-state index contributed by atoms with van der Waals surface area (Å²) >= 11 is 0. The molecule has 2 rings (SSSR count). The number of hydrogen-bond acceptors (Lipinski definition) is 2. The Labute approximate surface area is 96.5 Å². The van der Waals surface area contributed by atoms with Gasteiger partial charge in [0.15, 0.2) is 0 Å². The molecule has 0 saturated carbocycles. The molecule has 0 atom stereocenters. The first-order chi connectivity index (χ1) is 7.86. The number of benzene rings is 1. The molecule has 0 bridgehead atoms. The average Bonchev–Trinajstić information content (AvgIpc) is 2.67. The maximum absolute atomic E-state index is 4.66. The van der Waals surface area contributed by atoms with E-state index in [2.05, 4.69) is 46.9 Å². The summed E-state index contributed by atoms with van der Waals surface area (Å²) in [6.07, 6.45) is 1.16. The fraction of sp³-hybridized carbons (Fsp3) is 0.462. The largest absolute Gasteiger partial charge is 0.327 e. The third-order valence-electron chi connectivity index (χ3n) is 2.76. The zero-order valence-corrected chi connectivity index (χ0v) is 10.0. The van der Waals surface area contributed by atoms with E-state index >= 15 is 0 Å². The van der Waals surface area contributed by atoms with Crippen molar-refractivity contribution in [2.24, 2.45) is 0 Å². The third kappa shape index (κ3) is 2.09. The summed E-state index contributed by atoms with van der Waals surface area (Å²) in [5, 5.41) is 3.40. The molecule has 1 N–H and O–H groups in total. The molecule has 2 aromatic rings. The van der Waals surface area contributed by atoms with E-state index in [4.69, 9.17) is 0 Å². The normalized spacial score (nSPS) is 11.1. The van der Waals surface area contributed by atoms with Crippen LogP contribution in [-0.2, 0) is 13.1 Å². The number of aromatic nitrogens is 2. The van der Waals surface area contributed by atoms with E-state index in [1.807, 2.05) is 6.07 Å². The zero-order valence-electron chi connectivity index (χ0n) is 10.0. The van der Waals surface area contributed by atoms with Gasteiger partial charge in [-0.2, -0.15) is 0 Å². The van der Waals surface area contributed by atoms with E-state index < -0.39 is 0 Å². The molecule has 86 valence electrons. The Kier molecular flexibility index (Phi) is 3.57. The summed E-state index contributed by atoms with van der Waals surface area (Å²) in [6.45, 7) is 7.22. The lowest BCUT2D eigenvalue weighted by atomic mass is 10.3. The Bertz CT molecular complexity index is 459. The molecule has 0 aliphatic carbocycles. The highest BCUT2D eigenvalue weighted by molar-refractivity contribution is 5.75. The minimum atomic E-state index is 0.858. The van der Waals surface area contributed by atoms with Crippen molar-refractivity contribution in [3.05, 3.63) is 30.1 Å². The van der Waals surface area contributed by atoms with Gasteiger partial charge in [0.2, 0.25) is 0 Å². The SMILES string of the molecule is CCCNCc1nc2ccccc2n1CC. The maximum atomic E-state index is 4.66. The molecule has 0 saturated heterocycles. The van der Waals surface area contributed by atoms with E-state index in [1.54, 1.807) is 0 Å². The van der Waals surface area contributed by atoms with Crippen LogP contribution in [0.3, 0.4) is 0 Å². The van der Waals surface area contributed by atoms with Gasteiger partial charge in [0.25, 0.3) is 0 Å². The second kappa shape index (κ2) is 5.12. The lowest BCUT2D eigenvalue weighted by Gasteiger charge is -2.06. The van der Waals surface area contributed by atoms with E-state index in [9.17, 15) is 0 Å². The second-order valence-electron chi connectivity index (χ2n) is 3.94. The smallest absolute Gasteiger partial charge is 0.123 e. The summed E-state index contributed by atoms with van der Waals surface area (Å²) in [6, 6.07) is 8.32. The van der Waals surface area contributed by atoms with Crippen LogP contribution in [0.25, 0.3) is 11.0 Å². The minimum absolute atomic E-state index is 0.858. The molecule has 0 aliphatic rings. The van der Waals surface area contributed by atoms with Crippen LogP contribution in [0.15, 0.2) is 24.3 Å². The van der Waals surface area contributed by atoms with Crippen molar-refractivity contribution in [3.8, 4) is 0 Å². The van der Waals surface area contributed by atoms with Crippen LogP contribution in [0.4, 0.5) is 0 Å². The molecule has 3 heteroatoms. The Morgan fingerprint density at radius 2 is 2.06 bits per heavy atom. The Morgan fingerprint density at radius 1 is 1.25 bits per heavy atom. The van der Waals surface area contributed by atoms with Crippen LogP contribution >= 0.6 is 0 Å². The van der Waals surface area contributed by atoms with Crippen LogP contribution in [0.5, 0.6) is 0 Å². The van der Waals surface area contributed by atoms with Crippen molar-refractivity contribution in [2.75, 3.05) is 6.54 Å². The van der Waals surface area contributed by atoms with Gasteiger partial charge in [0, 0.05) is 6.54 Å². The van der Waals surface area contributed by atoms with Gasteiger partial charge in [0.1, 0.15) is 5.82 Å². The molecule has 3 nitrogen and oxygen atoms in total. The number of fused-ring (bicyclic) bond motifs is 1. The fourth-order valence-corrected chi connectivity index (χ4v) is 1.99. The summed E-state index contributed by atoms with van der Waals surface area (Å²) in [7, 11) is 0. The van der Waals surface area contributed by atoms with Gasteiger partial charge in [0.05, 0.1) is 17.6 Å². The first-order valence-electron chi connectivity index (χ1n) is 6.01. The number of hydrogen-bond donors (Lipinski definition) is 1. The number of nitrogens with zero attached hydrogens (tertiary/aromatic N) is 2. The first-order valence-corrected chi connectivity index (χ1v) is 6.01. The third-order valence-corrected chi connectivity index (χ3v) is 2.76. The quantitative estimate of drug-likeness (QED) is 0.780. The topological polar surface area (TPSA) is 29.9 Å². The number of rotatable bonds is 5. The summed E-state index contributed by atoms with van der Waals surface area (Å²) in [5.41, 5.74) is 2.33. The minimum Gasteiger partial charge on any atom is -0.327 e. The van der Waals surface area contributed by atoms with E-state index in [-0.39, 0.29) is 0 Å². The summed E-state index contributed by atoms with van der Waals surface area (Å²) in [4.78, 5) is 4.66. The number of nitrogens with one attached hydrogen (secondary N) is 1. The van der Waals surface area contributed by atoms with Crippen molar-refractivity contribution < 1.29 is 0 Å². The molecule has 0 amide bonds. The first kappa shape index (κ1) is 11.1. The zero-order chi connectivity index (χ0) is 11.4. The molecule has 16 heavy (non-hydrogen) atoms. The van der Waals surface area contributed by atoms with E-state index in [0.717, 1.165) is 37.4 Å². The van der Waals surface area contributed by atoms with Gasteiger partial charge in [-0.05, 0) is 32.0 Å². The van der Waals surface area contributed by atoms with Crippen molar-refractivity contribution >= 4 is 11.0 Å². The molecule has 0 spiro atoms. The van der Waals surface area contributed by atoms with Crippen LogP contribution in [-0.4, -0.2) is 16.1 Å². The van der Waals surface area contributed by atoms with Crippen molar-refractivity contribution in [1.29, 1.82) is 0 Å². The Hall–Kier alpha value is -1.35. The van der Waals surface area contributed by atoms with Gasteiger partial charge in [-0.3, -0.25) is 0 Å². The fourth-order valence-electron chi connectivity index (χ4n) is 1.99. The predicted octanol–water partition coefficient (Wildman–Crippen LogP) is 2.56. The van der Waals surface area contributed by atoms with Crippen LogP contribution in [0.1, 0.15) is 26.1 Å². The lowest BCUT2D eigenvalue weighted by molar-refractivity contribution is 0.615. The van der Waals surface area contributed by atoms with Gasteiger partial charge in [-0.15, -0.1) is 0 Å². The maximum Gasteiger partial charge on any atom is 0.123 e. The van der Waals surface area contributed by atoms with Crippen LogP contribution in [0.2, 0.25) is 0 Å². The highest BCUT2D eigenvalue weighted by atomic mass is 15.1. The highest BCUT2D eigenvalue weighted by Gasteiger charge is 2.07. The van der Waals surface area contributed by atoms with Gasteiger partial charge < -0.3 is 9.88 Å². The number of para-hydroxylation sites is 2. The molecular formula is C13H19N3. The lowest BCUT2D eigenvalue weighted by Crippen LogP contribution is -2.17. The summed E-state index contributed by atoms with van der Waals surface area (Å²) in [5.74, 6) is 1.14. The second-order valence-corrected chi connectivity index (χ2v) is 3.94. The number of imidazole rings is 1. The van der Waals surface area contributed by atoms with Crippen LogP contribution in [0, 0.1) is 0 Å². The Balaban J connectivity index is 2.29. The van der Waals surface area contributed by atoms with Crippen molar-refractivity contribution in [1.82, 2.24) is 14.9 Å². The molecule has 0 fully saturated rings. The van der Waals surface area contributed by atoms with Crippen LogP contribution < -0.4 is 5.32 Å². The van der Waals surface area contributed by atoms with Crippen molar-refractivity contribution in [3.63, 3.8) is 0 Å². The predicted molar refractivity (Wildman–Crippen MR) is 67.4 cm³/mol. The Morgan fingerprint density at radius 3 is 2.81 bits per heavy atom. The molecule has 1 heterocycles. The van der Waals surface area contributed by atoms with E-state index in [0.29, 0.717) is 0 Å². The highest BCUT2D eigenvalue weighted by Crippen LogP contribution is 2.15. The van der Waals surface area contributed by atoms with Crippen molar-refractivity contribution in [2.45, 2.75) is 33.4 Å². The van der Waals surface area contributed by atoms with Gasteiger partial charge in [-0.1, -0.05) is 19.1 Å². The van der Waals surface area contributed by atoms with Gasteiger partial charge in [-0.25, -0.2) is 4.98 Å². The average molecular weight is 217 g/mol. The standard InChI is InChI=1S/C13H19N3/c1-3-9-14-10-13-15-11-7-5-6-8-12(11)16(13)4-2/h5-8,14H,3-4,9-10H2,1-2H3. The molecule has 1 aromatic carbocycles. The van der Waals surface area contributed by atoms with Gasteiger partial charge >= 0.3 is 0 Å². The summed E-state index contributed by atoms with van der Waals surface area (Å²) < 4.78 is 2.28. The monoisotopic (exact) mass is 217 g/mol. The number of aryl methyl sites for hydroxylation is 1. The molecular weight excluding hydrogens is 198 g/mol. The molecule has 0 aliphatic heterocycles. The molecule has 0 radical (unpaired) electrons. The van der Waals surface area contributed by atoms with E-state index in [1.165, 1.54) is 5.52 Å². The molecule has 0 unspecified atom stereocenters. The molecule has 1 aromatic heterocycles.